The molecule has 0 aliphatic rings. The lowest BCUT2D eigenvalue weighted by Crippen LogP contribution is -2.99. The molecule has 0 saturated heterocycles. The number of quaternary nitrogens is 1. The lowest BCUT2D eigenvalue weighted by Gasteiger charge is -2.30. The summed E-state index contributed by atoms with van der Waals surface area (Å²) < 4.78 is 71.4. The van der Waals surface area contributed by atoms with Gasteiger partial charge < -0.3 is 10.5 Å². The van der Waals surface area contributed by atoms with E-state index >= 15 is 0 Å². The van der Waals surface area contributed by atoms with Crippen LogP contribution in [-0.2, 0) is 4.79 Å². The summed E-state index contributed by atoms with van der Waals surface area (Å²) in [6.45, 7) is 0. The second kappa shape index (κ2) is 6.43. The highest BCUT2D eigenvalue weighted by Gasteiger charge is 2.74. The van der Waals surface area contributed by atoms with Gasteiger partial charge in [0.15, 0.2) is 5.69 Å². The number of hydrogen-bond donors (Lipinski definition) is 3. The lowest BCUT2D eigenvalue weighted by molar-refractivity contribution is -0.990. The Kier molecular flexibility index (Phi) is 5.58. The first-order valence-electron chi connectivity index (χ1n) is 5.38. The predicted octanol–water partition coefficient (Wildman–Crippen LogP) is 2.94. The quantitative estimate of drug-likeness (QED) is 0.391. The van der Waals surface area contributed by atoms with Crippen LogP contribution in [0.5, 0.6) is 0 Å². The van der Waals surface area contributed by atoms with E-state index in [0.717, 1.165) is 18.2 Å². The number of anilines is 1. The summed E-state index contributed by atoms with van der Waals surface area (Å²) in [7, 11) is 0. The Bertz CT molecular complexity index is 593. The first kappa shape index (κ1) is 20.0. The topological polar surface area (TPSA) is 76.8 Å². The molecule has 0 heterocycles. The highest BCUT2D eigenvalue weighted by Crippen LogP contribution is 2.50. The lowest BCUT2D eigenvalue weighted by atomic mass is 10.1. The van der Waals surface area contributed by atoms with Gasteiger partial charge >= 0.3 is 12.4 Å². The summed E-state index contributed by atoms with van der Waals surface area (Å²) in [5, 5.41) is 19.3. The average molecular weight is 432 g/mol. The molecular weight excluding hydrogens is 425 g/mol. The molecule has 0 aromatic heterocycles. The second-order valence-corrected chi connectivity index (χ2v) is 5.73. The summed E-state index contributed by atoms with van der Waals surface area (Å²) in [5.74, 6) is -2.54. The van der Waals surface area contributed by atoms with Crippen LogP contribution >= 0.6 is 27.5 Å². The van der Waals surface area contributed by atoms with Crippen LogP contribution in [0.4, 0.5) is 37.7 Å². The zero-order valence-corrected chi connectivity index (χ0v) is 12.9. The van der Waals surface area contributed by atoms with Crippen LogP contribution in [0.3, 0.4) is 0 Å². The van der Waals surface area contributed by atoms with Gasteiger partial charge in [-0.3, -0.25) is 4.79 Å². The van der Waals surface area contributed by atoms with E-state index in [2.05, 4.69) is 0 Å². The number of halogens is 8. The van der Waals surface area contributed by atoms with Crippen LogP contribution in [0.1, 0.15) is 0 Å². The molecule has 0 spiro atoms. The number of rotatable bonds is 3. The molecule has 1 aromatic rings. The minimum absolute atomic E-state index is 0.142. The van der Waals surface area contributed by atoms with E-state index in [1.165, 1.54) is 21.2 Å². The third kappa shape index (κ3) is 3.88. The highest BCUT2D eigenvalue weighted by molar-refractivity contribution is 9.10. The van der Waals surface area contributed by atoms with Crippen LogP contribution in [-0.4, -0.2) is 27.8 Å². The molecule has 0 aliphatic heterocycles. The Labute approximate surface area is 137 Å². The number of hydrogen-bond acceptors (Lipinski definition) is 3. The van der Waals surface area contributed by atoms with Crippen molar-refractivity contribution in [1.82, 2.24) is 0 Å². The third-order valence-electron chi connectivity index (χ3n) is 2.55. The zero-order valence-electron chi connectivity index (χ0n) is 10.5. The number of carbonyl (C=O) groups is 1. The van der Waals surface area contributed by atoms with Crippen molar-refractivity contribution < 1.29 is 41.6 Å². The zero-order chi connectivity index (χ0) is 18.2. The predicted molar refractivity (Wildman–Crippen MR) is 69.6 cm³/mol. The molecule has 13 heteroatoms. The van der Waals surface area contributed by atoms with Gasteiger partial charge in [-0.25, -0.2) is 5.21 Å². The van der Waals surface area contributed by atoms with Crippen molar-refractivity contribution in [2.75, 3.05) is 5.32 Å². The molecule has 3 N–H and O–H groups in total. The number of amides is 1. The second-order valence-electron chi connectivity index (χ2n) is 4.10. The van der Waals surface area contributed by atoms with Crippen molar-refractivity contribution in [3.8, 4) is 0 Å². The van der Waals surface area contributed by atoms with Gasteiger partial charge in [0.1, 0.15) is 5.69 Å². The van der Waals surface area contributed by atoms with Gasteiger partial charge in [0.2, 0.25) is 0 Å². The minimum atomic E-state index is -6.02. The molecule has 5 nitrogen and oxygen atoms in total. The fraction of sp³-hybridized carbons (Fsp3) is 0.300. The first-order chi connectivity index (χ1) is 10.2. The molecule has 1 amide bonds. The third-order valence-corrected chi connectivity index (χ3v) is 4.05. The number of alkyl halides is 7. The van der Waals surface area contributed by atoms with Crippen LogP contribution in [0.2, 0.25) is 5.02 Å². The standard InChI is InChI=1S/C10H6BrClF6N2O3/c11-8(9(13,14)15,10(16,17)18)7(21)19-5-2-1-4(12)3-6(5)20(22)23/h1-3,20,22H,(H,19,21). The SMILES string of the molecule is O=C(Nc1ccc(Cl)cc1[NH+]([O-])O)C(Br)(C(F)(F)F)C(F)(F)F. The van der Waals surface area contributed by atoms with Gasteiger partial charge in [-0.1, -0.05) is 27.5 Å². The van der Waals surface area contributed by atoms with Gasteiger partial charge in [0.05, 0.1) is 0 Å². The fourth-order valence-electron chi connectivity index (χ4n) is 1.43. The van der Waals surface area contributed by atoms with E-state index in [1.807, 2.05) is 0 Å². The smallest absolute Gasteiger partial charge is 0.421 e. The van der Waals surface area contributed by atoms with Crippen LogP contribution in [0, 0.1) is 5.21 Å². The molecule has 1 rings (SSSR count). The van der Waals surface area contributed by atoms with Crippen LogP contribution in [0.25, 0.3) is 0 Å². The maximum atomic E-state index is 12.7. The first-order valence-corrected chi connectivity index (χ1v) is 6.55. The fourth-order valence-corrected chi connectivity index (χ4v) is 1.70. The van der Waals surface area contributed by atoms with E-state index in [4.69, 9.17) is 16.8 Å². The van der Waals surface area contributed by atoms with Gasteiger partial charge in [0, 0.05) is 11.1 Å². The van der Waals surface area contributed by atoms with E-state index in [0.29, 0.717) is 0 Å². The van der Waals surface area contributed by atoms with Gasteiger partial charge in [-0.15, -0.1) is 0 Å². The van der Waals surface area contributed by atoms with Crippen LogP contribution < -0.4 is 10.5 Å². The Morgan fingerprint density at radius 1 is 1.22 bits per heavy atom. The summed E-state index contributed by atoms with van der Waals surface area (Å²) >= 11 is 6.88. The molecule has 1 atom stereocenters. The maximum absolute atomic E-state index is 12.7. The van der Waals surface area contributed by atoms with Crippen molar-refractivity contribution in [3.63, 3.8) is 0 Å². The Balaban J connectivity index is 3.31. The molecule has 130 valence electrons. The van der Waals surface area contributed by atoms with Crippen molar-refractivity contribution in [1.29, 1.82) is 0 Å². The molecule has 1 aromatic carbocycles. The summed E-state index contributed by atoms with van der Waals surface area (Å²) in [4.78, 5) is 11.6. The highest BCUT2D eigenvalue weighted by atomic mass is 79.9. The Morgan fingerprint density at radius 2 is 1.70 bits per heavy atom. The maximum Gasteiger partial charge on any atom is 0.421 e. The van der Waals surface area contributed by atoms with Gasteiger partial charge in [-0.05, 0) is 12.1 Å². The number of carbonyl (C=O) groups excluding carboxylic acids is 1. The molecule has 0 fully saturated rings. The molecule has 23 heavy (non-hydrogen) atoms. The normalized spacial score (nSPS) is 14.5. The Hall–Kier alpha value is -1.08. The number of benzene rings is 1. The van der Waals surface area contributed by atoms with Gasteiger partial charge in [0.25, 0.3) is 10.2 Å². The summed E-state index contributed by atoms with van der Waals surface area (Å²) in [6.07, 6.45) is -12.0. The molecule has 0 radical (unpaired) electrons. The van der Waals surface area contributed by atoms with E-state index in [1.54, 1.807) is 0 Å². The van der Waals surface area contributed by atoms with Crippen molar-refractivity contribution in [2.45, 2.75) is 16.7 Å². The van der Waals surface area contributed by atoms with Crippen molar-refractivity contribution >= 4 is 44.8 Å². The number of nitrogens with one attached hydrogen (secondary N) is 2. The summed E-state index contributed by atoms with van der Waals surface area (Å²) in [5.41, 5.74) is -1.55. The Morgan fingerprint density at radius 3 is 2.09 bits per heavy atom. The minimum Gasteiger partial charge on any atom is -0.595 e. The van der Waals surface area contributed by atoms with Gasteiger partial charge in [-0.2, -0.15) is 31.6 Å². The summed E-state index contributed by atoms with van der Waals surface area (Å²) in [6, 6.07) is 2.52. The molecular formula is C10H6BrClF6N2O3. The molecule has 1 unspecified atom stereocenters. The van der Waals surface area contributed by atoms with E-state index in [-0.39, 0.29) is 5.02 Å². The van der Waals surface area contributed by atoms with Crippen molar-refractivity contribution in [2.24, 2.45) is 0 Å². The molecule has 0 bridgehead atoms. The monoisotopic (exact) mass is 430 g/mol. The van der Waals surface area contributed by atoms with E-state index in [9.17, 15) is 36.3 Å². The average Bonchev–Trinajstić information content (AvgIpc) is 2.36. The van der Waals surface area contributed by atoms with E-state index < -0.39 is 39.2 Å². The molecule has 0 saturated carbocycles. The largest absolute Gasteiger partial charge is 0.595 e. The van der Waals surface area contributed by atoms with Crippen LogP contribution in [0.15, 0.2) is 18.2 Å². The molecule has 0 aliphatic carbocycles. The van der Waals surface area contributed by atoms with Crippen molar-refractivity contribution in [3.05, 3.63) is 28.4 Å².